The lowest BCUT2D eigenvalue weighted by Gasteiger charge is -2.31. The quantitative estimate of drug-likeness (QED) is 0.613. The normalized spacial score (nSPS) is 20.2. The van der Waals surface area contributed by atoms with E-state index < -0.39 is 28.9 Å². The summed E-state index contributed by atoms with van der Waals surface area (Å²) in [6.45, 7) is 0.246. The van der Waals surface area contributed by atoms with Crippen LogP contribution < -0.4 is 4.90 Å². The van der Waals surface area contributed by atoms with Crippen molar-refractivity contribution in [2.24, 2.45) is 5.41 Å². The van der Waals surface area contributed by atoms with Crippen LogP contribution in [0.15, 0.2) is 12.1 Å². The van der Waals surface area contributed by atoms with Crippen molar-refractivity contribution in [1.29, 1.82) is 0 Å². The Morgan fingerprint density at radius 3 is 2.38 bits per heavy atom. The highest BCUT2D eigenvalue weighted by Gasteiger charge is 2.45. The average Bonchev–Trinajstić information content (AvgIpc) is 3.03. The van der Waals surface area contributed by atoms with Crippen LogP contribution in [0.25, 0.3) is 0 Å². The zero-order valence-corrected chi connectivity index (χ0v) is 12.9. The summed E-state index contributed by atoms with van der Waals surface area (Å²) in [5.74, 6) is -3.36. The molecule has 0 radical (unpaired) electrons. The minimum atomic E-state index is -0.954. The van der Waals surface area contributed by atoms with Crippen LogP contribution in [0.1, 0.15) is 36.0 Å². The van der Waals surface area contributed by atoms with Gasteiger partial charge in [0, 0.05) is 11.9 Å². The van der Waals surface area contributed by atoms with Gasteiger partial charge in [0.1, 0.15) is 11.6 Å². The van der Waals surface area contributed by atoms with Crippen LogP contribution in [-0.4, -0.2) is 23.6 Å². The van der Waals surface area contributed by atoms with E-state index in [0.717, 1.165) is 42.7 Å². The first kappa shape index (κ1) is 14.6. The van der Waals surface area contributed by atoms with E-state index in [-0.39, 0.29) is 17.6 Å². The van der Waals surface area contributed by atoms with E-state index in [4.69, 9.17) is 0 Å². The SMILES string of the molecule is O=C1C(=O)N(CC2(CBr)CCCC2)c2c(F)ccc(F)c21. The molecule has 0 bridgehead atoms. The minimum absolute atomic E-state index is 0.170. The molecular weight excluding hydrogens is 344 g/mol. The van der Waals surface area contributed by atoms with Gasteiger partial charge in [-0.05, 0) is 30.4 Å². The van der Waals surface area contributed by atoms with Crippen LogP contribution in [-0.2, 0) is 4.79 Å². The van der Waals surface area contributed by atoms with E-state index in [9.17, 15) is 18.4 Å². The number of ketones is 1. The summed E-state index contributed by atoms with van der Waals surface area (Å²) in [6.07, 6.45) is 3.89. The second-order valence-corrected chi connectivity index (χ2v) is 6.37. The van der Waals surface area contributed by atoms with E-state index in [1.165, 1.54) is 0 Å². The van der Waals surface area contributed by atoms with Crippen LogP contribution >= 0.6 is 15.9 Å². The van der Waals surface area contributed by atoms with Gasteiger partial charge in [0.25, 0.3) is 11.7 Å². The van der Waals surface area contributed by atoms with Gasteiger partial charge < -0.3 is 4.90 Å². The van der Waals surface area contributed by atoms with Crippen LogP contribution in [0.4, 0.5) is 14.5 Å². The Kier molecular flexibility index (Phi) is 3.59. The summed E-state index contributed by atoms with van der Waals surface area (Å²) >= 11 is 3.46. The topological polar surface area (TPSA) is 37.4 Å². The minimum Gasteiger partial charge on any atom is -0.301 e. The number of fused-ring (bicyclic) bond motifs is 1. The number of carbonyl (C=O) groups excluding carboxylic acids is 2. The first-order chi connectivity index (χ1) is 9.99. The molecule has 1 aromatic carbocycles. The predicted octanol–water partition coefficient (Wildman–Crippen LogP) is 3.45. The van der Waals surface area contributed by atoms with Crippen molar-refractivity contribution in [3.63, 3.8) is 0 Å². The number of amides is 1. The van der Waals surface area contributed by atoms with Crippen LogP contribution in [0.3, 0.4) is 0 Å². The van der Waals surface area contributed by atoms with Gasteiger partial charge in [-0.2, -0.15) is 0 Å². The maximum absolute atomic E-state index is 14.0. The maximum Gasteiger partial charge on any atom is 0.299 e. The van der Waals surface area contributed by atoms with Crippen molar-refractivity contribution < 1.29 is 18.4 Å². The Labute approximate surface area is 129 Å². The van der Waals surface area contributed by atoms with Crippen molar-refractivity contribution in [2.45, 2.75) is 25.7 Å². The lowest BCUT2D eigenvalue weighted by molar-refractivity contribution is -0.114. The number of halogens is 3. The van der Waals surface area contributed by atoms with E-state index in [2.05, 4.69) is 15.9 Å². The highest BCUT2D eigenvalue weighted by atomic mass is 79.9. The average molecular weight is 358 g/mol. The second-order valence-electron chi connectivity index (χ2n) is 5.81. The number of carbonyl (C=O) groups is 2. The molecule has 2 aliphatic rings. The third kappa shape index (κ3) is 2.20. The molecular formula is C15H14BrF2NO2. The molecule has 1 amide bonds. The zero-order valence-electron chi connectivity index (χ0n) is 11.3. The molecule has 1 fully saturated rings. The monoisotopic (exact) mass is 357 g/mol. The summed E-state index contributed by atoms with van der Waals surface area (Å²) < 4.78 is 27.8. The molecule has 21 heavy (non-hydrogen) atoms. The first-order valence-electron chi connectivity index (χ1n) is 6.89. The van der Waals surface area contributed by atoms with Crippen molar-refractivity contribution in [1.82, 2.24) is 0 Å². The molecule has 1 heterocycles. The number of hydrogen-bond donors (Lipinski definition) is 0. The Morgan fingerprint density at radius 1 is 1.14 bits per heavy atom. The fraction of sp³-hybridized carbons (Fsp3) is 0.467. The molecule has 0 aromatic heterocycles. The van der Waals surface area contributed by atoms with Crippen molar-refractivity contribution in [3.8, 4) is 0 Å². The number of Topliss-reactive ketones (excluding diaryl/α,β-unsaturated/α-hetero) is 1. The Balaban J connectivity index is 2.04. The Bertz CT molecular complexity index is 626. The molecule has 0 saturated heterocycles. The zero-order chi connectivity index (χ0) is 15.2. The fourth-order valence-electron chi connectivity index (χ4n) is 3.30. The highest BCUT2D eigenvalue weighted by Crippen LogP contribution is 2.43. The molecule has 3 rings (SSSR count). The predicted molar refractivity (Wildman–Crippen MR) is 77.7 cm³/mol. The summed E-state index contributed by atoms with van der Waals surface area (Å²) in [6, 6.07) is 1.85. The molecule has 0 unspecified atom stereocenters. The maximum atomic E-state index is 14.0. The van der Waals surface area contributed by atoms with E-state index in [1.807, 2.05) is 0 Å². The third-order valence-electron chi connectivity index (χ3n) is 4.46. The molecule has 1 aliphatic carbocycles. The van der Waals surface area contributed by atoms with Crippen molar-refractivity contribution in [3.05, 3.63) is 29.3 Å². The third-order valence-corrected chi connectivity index (χ3v) is 5.64. The van der Waals surface area contributed by atoms with Gasteiger partial charge in [-0.1, -0.05) is 28.8 Å². The molecule has 1 aromatic rings. The van der Waals surface area contributed by atoms with Gasteiger partial charge in [-0.3, -0.25) is 9.59 Å². The first-order valence-corrected chi connectivity index (χ1v) is 8.01. The summed E-state index contributed by atoms with van der Waals surface area (Å²) in [7, 11) is 0. The van der Waals surface area contributed by atoms with Gasteiger partial charge in [0.2, 0.25) is 0 Å². The molecule has 0 N–H and O–H groups in total. The molecule has 6 heteroatoms. The molecule has 1 aliphatic heterocycles. The number of alkyl halides is 1. The van der Waals surface area contributed by atoms with E-state index in [0.29, 0.717) is 5.33 Å². The number of rotatable bonds is 3. The Morgan fingerprint density at radius 2 is 1.76 bits per heavy atom. The molecule has 112 valence electrons. The number of anilines is 1. The van der Waals surface area contributed by atoms with E-state index in [1.54, 1.807) is 0 Å². The number of nitrogens with zero attached hydrogens (tertiary/aromatic N) is 1. The van der Waals surface area contributed by atoms with Gasteiger partial charge in [-0.15, -0.1) is 0 Å². The second kappa shape index (κ2) is 5.16. The van der Waals surface area contributed by atoms with Gasteiger partial charge in [0.15, 0.2) is 0 Å². The van der Waals surface area contributed by atoms with Crippen molar-refractivity contribution in [2.75, 3.05) is 16.8 Å². The van der Waals surface area contributed by atoms with Crippen LogP contribution in [0.2, 0.25) is 0 Å². The van der Waals surface area contributed by atoms with Gasteiger partial charge in [-0.25, -0.2) is 8.78 Å². The van der Waals surface area contributed by atoms with Crippen LogP contribution in [0, 0.1) is 17.0 Å². The fourth-order valence-corrected chi connectivity index (χ4v) is 4.04. The van der Waals surface area contributed by atoms with E-state index >= 15 is 0 Å². The summed E-state index contributed by atoms with van der Waals surface area (Å²) in [4.78, 5) is 25.2. The summed E-state index contributed by atoms with van der Waals surface area (Å²) in [5.41, 5.74) is -0.795. The van der Waals surface area contributed by atoms with Gasteiger partial charge >= 0.3 is 0 Å². The number of hydrogen-bond acceptors (Lipinski definition) is 2. The Hall–Kier alpha value is -1.30. The molecule has 0 spiro atoms. The molecule has 1 saturated carbocycles. The molecule has 0 atom stereocenters. The smallest absolute Gasteiger partial charge is 0.299 e. The van der Waals surface area contributed by atoms with Gasteiger partial charge in [0.05, 0.1) is 11.3 Å². The lowest BCUT2D eigenvalue weighted by Crippen LogP contribution is -2.40. The highest BCUT2D eigenvalue weighted by molar-refractivity contribution is 9.09. The largest absolute Gasteiger partial charge is 0.301 e. The molecule has 3 nitrogen and oxygen atoms in total. The van der Waals surface area contributed by atoms with Crippen molar-refractivity contribution >= 4 is 33.3 Å². The lowest BCUT2D eigenvalue weighted by atomic mass is 9.88. The van der Waals surface area contributed by atoms with Crippen LogP contribution in [0.5, 0.6) is 0 Å². The standard InChI is InChI=1S/C15H14BrF2NO2/c16-7-15(5-1-2-6-15)8-19-12-10(18)4-3-9(17)11(12)13(20)14(19)21/h3-4H,1-2,5-8H2. The summed E-state index contributed by atoms with van der Waals surface area (Å²) in [5, 5.41) is 0.671. The number of benzene rings is 1.